The van der Waals surface area contributed by atoms with Crippen LogP contribution >= 0.6 is 0 Å². The van der Waals surface area contributed by atoms with Gasteiger partial charge in [-0.3, -0.25) is 9.98 Å². The summed E-state index contributed by atoms with van der Waals surface area (Å²) in [5, 5.41) is 0. The quantitative estimate of drug-likeness (QED) is 0.760. The summed E-state index contributed by atoms with van der Waals surface area (Å²) < 4.78 is 37.9. The molecule has 1 saturated heterocycles. The van der Waals surface area contributed by atoms with Crippen molar-refractivity contribution in [2.75, 3.05) is 33.4 Å². The van der Waals surface area contributed by atoms with E-state index >= 15 is 0 Å². The van der Waals surface area contributed by atoms with Crippen LogP contribution in [0.2, 0.25) is 0 Å². The highest BCUT2D eigenvalue weighted by Gasteiger charge is 2.29. The van der Waals surface area contributed by atoms with Crippen molar-refractivity contribution >= 4 is 21.9 Å². The molecule has 1 aliphatic rings. The van der Waals surface area contributed by atoms with Gasteiger partial charge in [-0.1, -0.05) is 0 Å². The van der Waals surface area contributed by atoms with Crippen molar-refractivity contribution in [1.29, 1.82) is 0 Å². The number of aliphatic imine (C=N–C) groups is 1. The molecule has 0 unspecified atom stereocenters. The van der Waals surface area contributed by atoms with Crippen molar-refractivity contribution < 1.29 is 17.9 Å². The highest BCUT2D eigenvalue weighted by molar-refractivity contribution is 7.89. The van der Waals surface area contributed by atoms with Crippen LogP contribution in [0.5, 0.6) is 5.75 Å². The van der Waals surface area contributed by atoms with E-state index in [4.69, 9.17) is 9.47 Å². The largest absolute Gasteiger partial charge is 0.497 e. The number of hydrogen-bond acceptors (Lipinski definition) is 6. The summed E-state index contributed by atoms with van der Waals surface area (Å²) in [5.41, 5.74) is 1.20. The molecule has 0 amide bonds. The monoisotopic (exact) mass is 361 g/mol. The summed E-state index contributed by atoms with van der Waals surface area (Å²) in [6.07, 6.45) is 4.92. The summed E-state index contributed by atoms with van der Waals surface area (Å²) in [7, 11) is -2.18. The lowest BCUT2D eigenvalue weighted by Gasteiger charge is -2.26. The highest BCUT2D eigenvalue weighted by Crippen LogP contribution is 2.31. The maximum Gasteiger partial charge on any atom is 0.245 e. The first-order chi connectivity index (χ1) is 12.1. The van der Waals surface area contributed by atoms with Gasteiger partial charge in [0.1, 0.15) is 10.6 Å². The fraction of sp³-hybridized carbons (Fsp3) is 0.294. The lowest BCUT2D eigenvalue weighted by atomic mass is 10.3. The molecule has 132 valence electrons. The number of benzene rings is 1. The fourth-order valence-electron chi connectivity index (χ4n) is 2.45. The van der Waals surface area contributed by atoms with Gasteiger partial charge in [0.05, 0.1) is 26.0 Å². The van der Waals surface area contributed by atoms with E-state index in [0.717, 1.165) is 5.56 Å². The van der Waals surface area contributed by atoms with Crippen molar-refractivity contribution in [2.24, 2.45) is 4.99 Å². The van der Waals surface area contributed by atoms with Gasteiger partial charge in [-0.25, -0.2) is 8.42 Å². The molecule has 2 aromatic rings. The van der Waals surface area contributed by atoms with E-state index in [1.54, 1.807) is 42.9 Å². The standard InChI is InChI=1S/C17H19N3O4S/c1-23-15-2-3-16(19-13-14-4-6-18-7-5-14)17(12-15)25(21,22)20-8-10-24-11-9-20/h2-7,12-13H,8-11H2,1H3. The van der Waals surface area contributed by atoms with Crippen molar-refractivity contribution in [1.82, 2.24) is 9.29 Å². The Bertz CT molecular complexity index is 847. The van der Waals surface area contributed by atoms with Crippen LogP contribution in [0.25, 0.3) is 0 Å². The van der Waals surface area contributed by atoms with E-state index < -0.39 is 10.0 Å². The van der Waals surface area contributed by atoms with Gasteiger partial charge < -0.3 is 9.47 Å². The molecule has 1 fully saturated rings. The first-order valence-corrected chi connectivity index (χ1v) is 9.25. The van der Waals surface area contributed by atoms with Crippen molar-refractivity contribution in [3.05, 3.63) is 48.3 Å². The summed E-state index contributed by atoms with van der Waals surface area (Å²) >= 11 is 0. The molecule has 2 heterocycles. The highest BCUT2D eigenvalue weighted by atomic mass is 32.2. The summed E-state index contributed by atoms with van der Waals surface area (Å²) in [6.45, 7) is 1.43. The van der Waals surface area contributed by atoms with E-state index in [0.29, 0.717) is 37.7 Å². The molecule has 3 rings (SSSR count). The molecule has 0 aliphatic carbocycles. The van der Waals surface area contributed by atoms with Crippen LogP contribution in [0.4, 0.5) is 5.69 Å². The molecule has 0 N–H and O–H groups in total. The van der Waals surface area contributed by atoms with Gasteiger partial charge >= 0.3 is 0 Å². The van der Waals surface area contributed by atoms with Crippen LogP contribution in [-0.2, 0) is 14.8 Å². The molecule has 0 atom stereocenters. The molecule has 8 heteroatoms. The first kappa shape index (κ1) is 17.5. The summed E-state index contributed by atoms with van der Waals surface area (Å²) in [4.78, 5) is 8.44. The minimum atomic E-state index is -3.68. The molecule has 1 aromatic heterocycles. The maximum absolute atomic E-state index is 13.0. The number of aromatic nitrogens is 1. The normalized spacial score (nSPS) is 16.2. The van der Waals surface area contributed by atoms with Gasteiger partial charge in [0.2, 0.25) is 10.0 Å². The number of sulfonamides is 1. The zero-order valence-electron chi connectivity index (χ0n) is 13.8. The Labute approximate surface area is 147 Å². The predicted octanol–water partition coefficient (Wildman–Crippen LogP) is 1.86. The Morgan fingerprint density at radius 2 is 1.92 bits per heavy atom. The number of rotatable bonds is 5. The molecule has 0 spiro atoms. The number of methoxy groups -OCH3 is 1. The predicted molar refractivity (Wildman–Crippen MR) is 94.1 cm³/mol. The molecule has 0 bridgehead atoms. The maximum atomic E-state index is 13.0. The minimum Gasteiger partial charge on any atom is -0.497 e. The Hall–Kier alpha value is -2.29. The number of nitrogens with zero attached hydrogens (tertiary/aromatic N) is 3. The van der Waals surface area contributed by atoms with E-state index in [-0.39, 0.29) is 4.90 Å². The molecule has 25 heavy (non-hydrogen) atoms. The lowest BCUT2D eigenvalue weighted by Crippen LogP contribution is -2.40. The second-order valence-electron chi connectivity index (χ2n) is 5.39. The number of pyridine rings is 1. The van der Waals surface area contributed by atoms with Gasteiger partial charge in [0, 0.05) is 37.8 Å². The van der Waals surface area contributed by atoms with E-state index in [1.807, 2.05) is 0 Å². The molecule has 0 radical (unpaired) electrons. The zero-order chi connectivity index (χ0) is 17.7. The molecule has 1 aromatic carbocycles. The fourth-order valence-corrected chi connectivity index (χ4v) is 4.01. The number of hydrogen-bond donors (Lipinski definition) is 0. The average Bonchev–Trinajstić information content (AvgIpc) is 2.67. The lowest BCUT2D eigenvalue weighted by molar-refractivity contribution is 0.0730. The van der Waals surface area contributed by atoms with Crippen molar-refractivity contribution in [2.45, 2.75) is 4.90 Å². The van der Waals surface area contributed by atoms with Crippen LogP contribution in [0.1, 0.15) is 5.56 Å². The van der Waals surface area contributed by atoms with Crippen LogP contribution < -0.4 is 4.74 Å². The van der Waals surface area contributed by atoms with Gasteiger partial charge in [-0.05, 0) is 29.8 Å². The van der Waals surface area contributed by atoms with Crippen molar-refractivity contribution in [3.63, 3.8) is 0 Å². The smallest absolute Gasteiger partial charge is 0.245 e. The Kier molecular flexibility index (Phi) is 5.42. The number of ether oxygens (including phenoxy) is 2. The molecule has 1 aliphatic heterocycles. The summed E-state index contributed by atoms with van der Waals surface area (Å²) in [6, 6.07) is 8.43. The van der Waals surface area contributed by atoms with Crippen LogP contribution in [-0.4, -0.2) is 57.3 Å². The number of morpholine rings is 1. The topological polar surface area (TPSA) is 81.1 Å². The first-order valence-electron chi connectivity index (χ1n) is 7.81. The third-order valence-corrected chi connectivity index (χ3v) is 5.74. The van der Waals surface area contributed by atoms with E-state index in [2.05, 4.69) is 9.98 Å². The zero-order valence-corrected chi connectivity index (χ0v) is 14.6. The van der Waals surface area contributed by atoms with Gasteiger partial charge in [0.15, 0.2) is 0 Å². The van der Waals surface area contributed by atoms with Gasteiger partial charge in [0.25, 0.3) is 0 Å². The van der Waals surface area contributed by atoms with E-state index in [9.17, 15) is 8.42 Å². The molecule has 7 nitrogen and oxygen atoms in total. The van der Waals surface area contributed by atoms with Crippen molar-refractivity contribution in [3.8, 4) is 5.75 Å². The van der Waals surface area contributed by atoms with Gasteiger partial charge in [-0.15, -0.1) is 0 Å². The van der Waals surface area contributed by atoms with E-state index in [1.165, 1.54) is 17.5 Å². The Balaban J connectivity index is 2.00. The van der Waals surface area contributed by atoms with Crippen LogP contribution in [0.3, 0.4) is 0 Å². The average molecular weight is 361 g/mol. The Morgan fingerprint density at radius 1 is 1.20 bits per heavy atom. The third kappa shape index (κ3) is 4.04. The second kappa shape index (κ2) is 7.73. The SMILES string of the molecule is COc1ccc(N=Cc2ccncc2)c(S(=O)(=O)N2CCOCC2)c1. The Morgan fingerprint density at radius 3 is 2.60 bits per heavy atom. The second-order valence-corrected chi connectivity index (χ2v) is 7.30. The minimum absolute atomic E-state index is 0.124. The van der Waals surface area contributed by atoms with Crippen LogP contribution in [0, 0.1) is 0 Å². The van der Waals surface area contributed by atoms with Gasteiger partial charge in [-0.2, -0.15) is 4.31 Å². The molecule has 0 saturated carbocycles. The molecular formula is C17H19N3O4S. The molecular weight excluding hydrogens is 342 g/mol. The third-order valence-electron chi connectivity index (χ3n) is 3.81. The van der Waals surface area contributed by atoms with Crippen LogP contribution in [0.15, 0.2) is 52.6 Å². The summed E-state index contributed by atoms with van der Waals surface area (Å²) in [5.74, 6) is 0.467.